The van der Waals surface area contributed by atoms with E-state index in [0.717, 1.165) is 12.1 Å². The minimum Gasteiger partial charge on any atom is -0.393 e. The van der Waals surface area contributed by atoms with Crippen molar-refractivity contribution in [3.8, 4) is 0 Å². The fraction of sp³-hybridized carbons (Fsp3) is 0.545. The SMILES string of the molecule is CC(C)CC(O)Cc1ncccc1Cl. The Morgan fingerprint density at radius 2 is 2.21 bits per heavy atom. The molecule has 0 fully saturated rings. The Balaban J connectivity index is 2.56. The first-order chi connectivity index (χ1) is 6.59. The highest BCUT2D eigenvalue weighted by atomic mass is 35.5. The summed E-state index contributed by atoms with van der Waals surface area (Å²) in [5.74, 6) is 0.493. The van der Waals surface area contributed by atoms with Gasteiger partial charge in [-0.05, 0) is 24.5 Å². The number of hydrogen-bond acceptors (Lipinski definition) is 2. The van der Waals surface area contributed by atoms with Crippen molar-refractivity contribution in [3.63, 3.8) is 0 Å². The molecule has 0 aliphatic carbocycles. The van der Waals surface area contributed by atoms with Gasteiger partial charge in [-0.1, -0.05) is 25.4 Å². The van der Waals surface area contributed by atoms with Gasteiger partial charge in [-0.15, -0.1) is 0 Å². The fourth-order valence-electron chi connectivity index (χ4n) is 1.42. The molecule has 3 heteroatoms. The summed E-state index contributed by atoms with van der Waals surface area (Å²) in [5, 5.41) is 10.3. The van der Waals surface area contributed by atoms with Gasteiger partial charge in [0.2, 0.25) is 0 Å². The normalized spacial score (nSPS) is 13.2. The van der Waals surface area contributed by atoms with Crippen LogP contribution in [0.3, 0.4) is 0 Å². The minimum atomic E-state index is -0.345. The zero-order valence-electron chi connectivity index (χ0n) is 8.57. The van der Waals surface area contributed by atoms with E-state index < -0.39 is 0 Å². The maximum Gasteiger partial charge on any atom is 0.0622 e. The van der Waals surface area contributed by atoms with Gasteiger partial charge in [-0.25, -0.2) is 0 Å². The van der Waals surface area contributed by atoms with Gasteiger partial charge in [-0.3, -0.25) is 4.98 Å². The van der Waals surface area contributed by atoms with Gasteiger partial charge in [0, 0.05) is 12.6 Å². The van der Waals surface area contributed by atoms with Crippen LogP contribution in [0.15, 0.2) is 18.3 Å². The lowest BCUT2D eigenvalue weighted by molar-refractivity contribution is 0.148. The van der Waals surface area contributed by atoms with Crippen molar-refractivity contribution in [3.05, 3.63) is 29.0 Å². The molecular weight excluding hydrogens is 198 g/mol. The molecule has 0 bridgehead atoms. The monoisotopic (exact) mass is 213 g/mol. The third kappa shape index (κ3) is 3.64. The Morgan fingerprint density at radius 1 is 1.50 bits per heavy atom. The van der Waals surface area contributed by atoms with Gasteiger partial charge in [0.05, 0.1) is 16.8 Å². The van der Waals surface area contributed by atoms with Gasteiger partial charge in [-0.2, -0.15) is 0 Å². The third-order valence-electron chi connectivity index (χ3n) is 2.01. The molecule has 1 aromatic rings. The molecule has 1 heterocycles. The van der Waals surface area contributed by atoms with Gasteiger partial charge in [0.25, 0.3) is 0 Å². The van der Waals surface area contributed by atoms with Crippen LogP contribution in [0, 0.1) is 5.92 Å². The molecule has 0 aromatic carbocycles. The van der Waals surface area contributed by atoms with Gasteiger partial charge in [0.15, 0.2) is 0 Å². The van der Waals surface area contributed by atoms with Crippen molar-refractivity contribution in [1.29, 1.82) is 0 Å². The summed E-state index contributed by atoms with van der Waals surface area (Å²) >= 11 is 5.93. The summed E-state index contributed by atoms with van der Waals surface area (Å²) < 4.78 is 0. The summed E-state index contributed by atoms with van der Waals surface area (Å²) in [5.41, 5.74) is 0.780. The Bertz CT molecular complexity index is 288. The van der Waals surface area contributed by atoms with E-state index in [1.807, 2.05) is 0 Å². The van der Waals surface area contributed by atoms with E-state index in [-0.39, 0.29) is 6.10 Å². The highest BCUT2D eigenvalue weighted by Crippen LogP contribution is 2.16. The molecule has 14 heavy (non-hydrogen) atoms. The van der Waals surface area contributed by atoms with Crippen LogP contribution >= 0.6 is 11.6 Å². The predicted octanol–water partition coefficient (Wildman–Crippen LogP) is 2.68. The average Bonchev–Trinajstić information content (AvgIpc) is 2.07. The maximum absolute atomic E-state index is 9.70. The standard InChI is InChI=1S/C11H16ClNO/c1-8(2)6-9(14)7-11-10(12)4-3-5-13-11/h3-5,8-9,14H,6-7H2,1-2H3. The lowest BCUT2D eigenvalue weighted by Crippen LogP contribution is -2.14. The Hall–Kier alpha value is -0.600. The summed E-state index contributed by atoms with van der Waals surface area (Å²) in [7, 11) is 0. The molecule has 1 unspecified atom stereocenters. The van der Waals surface area contributed by atoms with Crippen molar-refractivity contribution < 1.29 is 5.11 Å². The fourth-order valence-corrected chi connectivity index (χ4v) is 1.62. The third-order valence-corrected chi connectivity index (χ3v) is 2.35. The molecule has 0 aliphatic rings. The van der Waals surface area contributed by atoms with E-state index in [1.165, 1.54) is 0 Å². The summed E-state index contributed by atoms with van der Waals surface area (Å²) in [6, 6.07) is 3.59. The number of pyridine rings is 1. The number of rotatable bonds is 4. The van der Waals surface area contributed by atoms with Crippen molar-refractivity contribution in [1.82, 2.24) is 4.98 Å². The van der Waals surface area contributed by atoms with Crippen molar-refractivity contribution in [2.45, 2.75) is 32.8 Å². The zero-order valence-corrected chi connectivity index (χ0v) is 9.33. The van der Waals surface area contributed by atoms with Gasteiger partial charge in [0.1, 0.15) is 0 Å². The molecule has 0 spiro atoms. The maximum atomic E-state index is 9.70. The number of aromatic nitrogens is 1. The lowest BCUT2D eigenvalue weighted by Gasteiger charge is -2.12. The van der Waals surface area contributed by atoms with Crippen molar-refractivity contribution in [2.75, 3.05) is 0 Å². The van der Waals surface area contributed by atoms with E-state index in [1.54, 1.807) is 18.3 Å². The topological polar surface area (TPSA) is 33.1 Å². The van der Waals surface area contributed by atoms with Crippen LogP contribution in [0.25, 0.3) is 0 Å². The number of nitrogens with zero attached hydrogens (tertiary/aromatic N) is 1. The van der Waals surface area contributed by atoms with Gasteiger partial charge < -0.3 is 5.11 Å². The minimum absolute atomic E-state index is 0.345. The van der Waals surface area contributed by atoms with Crippen LogP contribution < -0.4 is 0 Å². The summed E-state index contributed by atoms with van der Waals surface area (Å²) in [6.45, 7) is 4.17. The lowest BCUT2D eigenvalue weighted by atomic mass is 10.0. The molecule has 2 nitrogen and oxygen atoms in total. The molecular formula is C11H16ClNO. The second kappa shape index (κ2) is 5.32. The Morgan fingerprint density at radius 3 is 2.79 bits per heavy atom. The van der Waals surface area contributed by atoms with E-state index in [0.29, 0.717) is 17.4 Å². The van der Waals surface area contributed by atoms with Crippen LogP contribution in [-0.2, 0) is 6.42 Å². The Labute approximate surface area is 89.9 Å². The quantitative estimate of drug-likeness (QED) is 0.835. The number of aliphatic hydroxyl groups is 1. The molecule has 1 rings (SSSR count). The largest absolute Gasteiger partial charge is 0.393 e. The van der Waals surface area contributed by atoms with Gasteiger partial charge >= 0.3 is 0 Å². The van der Waals surface area contributed by atoms with Crippen LogP contribution in [0.5, 0.6) is 0 Å². The molecule has 0 amide bonds. The zero-order chi connectivity index (χ0) is 10.6. The first-order valence-corrected chi connectivity index (χ1v) is 5.25. The van der Waals surface area contributed by atoms with Crippen molar-refractivity contribution in [2.24, 2.45) is 5.92 Å². The molecule has 0 saturated carbocycles. The van der Waals surface area contributed by atoms with E-state index in [2.05, 4.69) is 18.8 Å². The number of halogens is 1. The molecule has 1 atom stereocenters. The van der Waals surface area contributed by atoms with Crippen LogP contribution in [0.1, 0.15) is 26.0 Å². The highest BCUT2D eigenvalue weighted by molar-refractivity contribution is 6.31. The number of hydrogen-bond donors (Lipinski definition) is 1. The smallest absolute Gasteiger partial charge is 0.0622 e. The molecule has 0 radical (unpaired) electrons. The van der Waals surface area contributed by atoms with Crippen LogP contribution in [0.4, 0.5) is 0 Å². The summed E-state index contributed by atoms with van der Waals surface area (Å²) in [6.07, 6.45) is 2.68. The second-order valence-electron chi connectivity index (χ2n) is 3.92. The highest BCUT2D eigenvalue weighted by Gasteiger charge is 2.10. The molecule has 1 aromatic heterocycles. The van der Waals surface area contributed by atoms with E-state index in [9.17, 15) is 5.11 Å². The molecule has 0 saturated heterocycles. The first kappa shape index (κ1) is 11.5. The van der Waals surface area contributed by atoms with Crippen LogP contribution in [0.2, 0.25) is 5.02 Å². The second-order valence-corrected chi connectivity index (χ2v) is 4.33. The first-order valence-electron chi connectivity index (χ1n) is 4.87. The van der Waals surface area contributed by atoms with E-state index in [4.69, 9.17) is 11.6 Å². The number of aliphatic hydroxyl groups excluding tert-OH is 1. The van der Waals surface area contributed by atoms with Crippen LogP contribution in [-0.4, -0.2) is 16.2 Å². The summed E-state index contributed by atoms with van der Waals surface area (Å²) in [4.78, 5) is 4.13. The predicted molar refractivity (Wildman–Crippen MR) is 58.4 cm³/mol. The molecule has 78 valence electrons. The molecule has 0 aliphatic heterocycles. The van der Waals surface area contributed by atoms with E-state index >= 15 is 0 Å². The Kier molecular flexibility index (Phi) is 4.36. The average molecular weight is 214 g/mol. The molecule has 1 N–H and O–H groups in total. The van der Waals surface area contributed by atoms with Crippen molar-refractivity contribution >= 4 is 11.6 Å².